The van der Waals surface area contributed by atoms with Crippen molar-refractivity contribution >= 4 is 23.1 Å². The molecule has 1 unspecified atom stereocenters. The van der Waals surface area contributed by atoms with E-state index in [4.69, 9.17) is 0 Å². The summed E-state index contributed by atoms with van der Waals surface area (Å²) >= 11 is 0. The summed E-state index contributed by atoms with van der Waals surface area (Å²) in [7, 11) is 0. The fraction of sp³-hybridized carbons (Fsp3) is 0.267. The second kappa shape index (κ2) is 5.93. The maximum Gasteiger partial charge on any atom is 0.326 e. The van der Waals surface area contributed by atoms with Gasteiger partial charge in [0.2, 0.25) is 5.95 Å². The molecule has 0 bridgehead atoms. The summed E-state index contributed by atoms with van der Waals surface area (Å²) in [5, 5.41) is 13.0. The van der Waals surface area contributed by atoms with Crippen LogP contribution in [0.2, 0.25) is 0 Å². The zero-order valence-electron chi connectivity index (χ0n) is 13.4. The molecule has 0 radical (unpaired) electrons. The molecule has 8 nitrogen and oxygen atoms in total. The average molecular weight is 363 g/mol. The molecule has 11 heteroatoms. The molecule has 1 atom stereocenters. The van der Waals surface area contributed by atoms with Gasteiger partial charge in [-0.2, -0.15) is 9.49 Å². The fourth-order valence-corrected chi connectivity index (χ4v) is 2.98. The molecule has 26 heavy (non-hydrogen) atoms. The number of hydrogen-bond acceptors (Lipinski definition) is 5. The SMILES string of the molecule is CC1CN(C(=O)Nc2cnnc(C(F)F)c2)c2cnc3cc(F)nn3c21. The van der Waals surface area contributed by atoms with Crippen LogP contribution in [0.25, 0.3) is 5.65 Å². The van der Waals surface area contributed by atoms with Gasteiger partial charge >= 0.3 is 6.03 Å². The van der Waals surface area contributed by atoms with E-state index >= 15 is 0 Å². The number of nitrogens with zero attached hydrogens (tertiary/aromatic N) is 6. The van der Waals surface area contributed by atoms with E-state index in [9.17, 15) is 18.0 Å². The monoisotopic (exact) mass is 363 g/mol. The summed E-state index contributed by atoms with van der Waals surface area (Å²) < 4.78 is 40.2. The summed E-state index contributed by atoms with van der Waals surface area (Å²) in [6, 6.07) is 1.71. The van der Waals surface area contributed by atoms with Crippen LogP contribution in [0.5, 0.6) is 0 Å². The molecule has 4 rings (SSSR count). The lowest BCUT2D eigenvalue weighted by Gasteiger charge is -2.17. The van der Waals surface area contributed by atoms with Crippen LogP contribution in [0.15, 0.2) is 24.5 Å². The van der Waals surface area contributed by atoms with E-state index in [0.29, 0.717) is 23.6 Å². The number of anilines is 2. The quantitative estimate of drug-likeness (QED) is 0.756. The Kier molecular flexibility index (Phi) is 3.71. The molecule has 134 valence electrons. The molecule has 0 saturated carbocycles. The van der Waals surface area contributed by atoms with E-state index in [-0.39, 0.29) is 11.6 Å². The predicted molar refractivity (Wildman–Crippen MR) is 84.7 cm³/mol. The molecule has 3 aromatic rings. The maximum absolute atomic E-state index is 13.4. The number of amides is 2. The minimum Gasteiger partial charge on any atom is -0.306 e. The van der Waals surface area contributed by atoms with Gasteiger partial charge in [-0.1, -0.05) is 6.92 Å². The van der Waals surface area contributed by atoms with Crippen molar-refractivity contribution in [3.8, 4) is 0 Å². The van der Waals surface area contributed by atoms with Gasteiger partial charge in [-0.05, 0) is 6.07 Å². The zero-order valence-corrected chi connectivity index (χ0v) is 13.4. The Balaban J connectivity index is 1.65. The molecule has 4 heterocycles. The summed E-state index contributed by atoms with van der Waals surface area (Å²) in [6.45, 7) is 2.18. The van der Waals surface area contributed by atoms with E-state index in [1.54, 1.807) is 0 Å². The molecule has 2 amide bonds. The molecule has 0 fully saturated rings. The molecule has 1 N–H and O–H groups in total. The number of aromatic nitrogens is 5. The van der Waals surface area contributed by atoms with Gasteiger partial charge in [-0.15, -0.1) is 10.2 Å². The van der Waals surface area contributed by atoms with Gasteiger partial charge in [0, 0.05) is 18.5 Å². The first-order valence-electron chi connectivity index (χ1n) is 7.67. The highest BCUT2D eigenvalue weighted by Gasteiger charge is 2.33. The second-order valence-corrected chi connectivity index (χ2v) is 5.88. The lowest BCUT2D eigenvalue weighted by Crippen LogP contribution is -2.34. The highest BCUT2D eigenvalue weighted by atomic mass is 19.3. The molecule has 3 aromatic heterocycles. The smallest absolute Gasteiger partial charge is 0.306 e. The summed E-state index contributed by atoms with van der Waals surface area (Å²) in [4.78, 5) is 18.1. The Morgan fingerprint density at radius 1 is 1.35 bits per heavy atom. The Labute approximate surface area is 144 Å². The Morgan fingerprint density at radius 2 is 2.15 bits per heavy atom. The topological polar surface area (TPSA) is 88.3 Å². The van der Waals surface area contributed by atoms with Crippen LogP contribution in [0.1, 0.15) is 30.7 Å². The van der Waals surface area contributed by atoms with Crippen LogP contribution in [0.3, 0.4) is 0 Å². The van der Waals surface area contributed by atoms with Crippen LogP contribution >= 0.6 is 0 Å². The highest BCUT2D eigenvalue weighted by Crippen LogP contribution is 2.36. The van der Waals surface area contributed by atoms with Crippen LogP contribution in [-0.4, -0.2) is 37.4 Å². The molecule has 1 aliphatic heterocycles. The predicted octanol–water partition coefficient (Wildman–Crippen LogP) is 2.75. The number of urea groups is 1. The molecule has 0 aromatic carbocycles. The number of nitrogens with one attached hydrogen (secondary N) is 1. The van der Waals surface area contributed by atoms with E-state index < -0.39 is 24.1 Å². The van der Waals surface area contributed by atoms with Crippen LogP contribution in [0.4, 0.5) is 29.3 Å². The van der Waals surface area contributed by atoms with E-state index in [1.807, 2.05) is 6.92 Å². The number of rotatable bonds is 2. The third-order valence-electron chi connectivity index (χ3n) is 4.08. The maximum atomic E-state index is 13.4. The fourth-order valence-electron chi connectivity index (χ4n) is 2.98. The van der Waals surface area contributed by atoms with E-state index in [0.717, 1.165) is 6.07 Å². The second-order valence-electron chi connectivity index (χ2n) is 5.88. The van der Waals surface area contributed by atoms with Gasteiger partial charge in [-0.3, -0.25) is 4.90 Å². The Morgan fingerprint density at radius 3 is 2.92 bits per heavy atom. The van der Waals surface area contributed by atoms with Gasteiger partial charge in [0.05, 0.1) is 29.5 Å². The number of fused-ring (bicyclic) bond motifs is 3. The number of carbonyl (C=O) groups is 1. The highest BCUT2D eigenvalue weighted by molar-refractivity contribution is 6.03. The Hall–Kier alpha value is -3.24. The van der Waals surface area contributed by atoms with Crippen molar-refractivity contribution in [3.63, 3.8) is 0 Å². The molecule has 0 spiro atoms. The van der Waals surface area contributed by atoms with Crippen molar-refractivity contribution in [1.29, 1.82) is 0 Å². The van der Waals surface area contributed by atoms with E-state index in [1.165, 1.54) is 27.9 Å². The molecular formula is C15H12F3N7O. The zero-order chi connectivity index (χ0) is 18.4. The van der Waals surface area contributed by atoms with Crippen LogP contribution in [-0.2, 0) is 0 Å². The minimum atomic E-state index is -2.79. The van der Waals surface area contributed by atoms with Crippen molar-refractivity contribution < 1.29 is 18.0 Å². The third kappa shape index (κ3) is 2.61. The number of alkyl halides is 2. The van der Waals surface area contributed by atoms with Gasteiger partial charge < -0.3 is 5.32 Å². The first-order chi connectivity index (χ1) is 12.4. The van der Waals surface area contributed by atoms with Crippen LogP contribution in [0, 0.1) is 5.95 Å². The Bertz CT molecular complexity index is 1010. The first-order valence-corrected chi connectivity index (χ1v) is 7.67. The molecule has 0 aliphatic carbocycles. The number of hydrogen-bond donors (Lipinski definition) is 1. The summed E-state index contributed by atoms with van der Waals surface area (Å²) in [5.41, 5.74) is 1.03. The third-order valence-corrected chi connectivity index (χ3v) is 4.08. The summed E-state index contributed by atoms with van der Waals surface area (Å²) in [5.74, 6) is -0.781. The molecule has 1 aliphatic rings. The minimum absolute atomic E-state index is 0.0978. The largest absolute Gasteiger partial charge is 0.326 e. The van der Waals surface area contributed by atoms with Gasteiger partial charge in [0.1, 0.15) is 5.69 Å². The van der Waals surface area contributed by atoms with Gasteiger partial charge in [0.25, 0.3) is 6.43 Å². The van der Waals surface area contributed by atoms with Crippen molar-refractivity contribution in [3.05, 3.63) is 41.9 Å². The molecule has 0 saturated heterocycles. The normalized spacial score (nSPS) is 16.3. The van der Waals surface area contributed by atoms with E-state index in [2.05, 4.69) is 25.6 Å². The first kappa shape index (κ1) is 16.2. The standard InChI is InChI=1S/C15H12F3N7O/c1-7-6-24(10-5-19-12-3-11(16)23-25(12)13(7)10)15(26)21-8-2-9(14(17)18)22-20-4-8/h2-5,7,14H,6H2,1H3,(H,21,22,26). The average Bonchev–Trinajstić information content (AvgIpc) is 3.14. The lowest BCUT2D eigenvalue weighted by molar-refractivity contribution is 0.145. The molecular weight excluding hydrogens is 351 g/mol. The van der Waals surface area contributed by atoms with Crippen molar-refractivity contribution in [2.75, 3.05) is 16.8 Å². The van der Waals surface area contributed by atoms with Crippen molar-refractivity contribution in [2.24, 2.45) is 0 Å². The lowest BCUT2D eigenvalue weighted by atomic mass is 10.1. The van der Waals surface area contributed by atoms with Gasteiger partial charge in [-0.25, -0.2) is 23.1 Å². The van der Waals surface area contributed by atoms with Crippen molar-refractivity contribution in [2.45, 2.75) is 19.3 Å². The number of carbonyl (C=O) groups excluding carboxylic acids is 1. The van der Waals surface area contributed by atoms with Crippen molar-refractivity contribution in [1.82, 2.24) is 24.8 Å². The van der Waals surface area contributed by atoms with Gasteiger partial charge in [0.15, 0.2) is 5.65 Å². The van der Waals surface area contributed by atoms with Crippen LogP contribution < -0.4 is 10.2 Å². The summed E-state index contributed by atoms with van der Waals surface area (Å²) in [6.07, 6.45) is -0.155. The number of halogens is 3.